The number of aromatic carboxylic acids is 1. The number of carboxylic acids is 1. The quantitative estimate of drug-likeness (QED) is 0.627. The normalized spacial score (nSPS) is 17.2. The third kappa shape index (κ3) is 3.70. The fourth-order valence-corrected chi connectivity index (χ4v) is 4.07. The molecule has 0 unspecified atom stereocenters. The standard InChI is InChI=1S/C22H21F3N4O3/c1-11(26-2)12-5-6-28(9-12)21-17(25)8-14-19(30)15(22(31)32)10-29(20(14)27-21)18-4-3-13(23)7-16(18)24/h3-4,7-8,10-12,26H,5-6,9H2,1-2H3,(H,31,32)/t11-,12+/m1/s1. The molecule has 10 heteroatoms. The van der Waals surface area contributed by atoms with Crippen LogP contribution in [-0.2, 0) is 0 Å². The SMILES string of the molecule is CN[C@H](C)[C@H]1CCN(c2nc3c(cc2F)c(=O)c(C(=O)O)cn3-c2ccc(F)cc2F)C1. The van der Waals surface area contributed by atoms with Crippen molar-refractivity contribution in [1.29, 1.82) is 0 Å². The van der Waals surface area contributed by atoms with Crippen molar-refractivity contribution in [2.24, 2.45) is 5.92 Å². The van der Waals surface area contributed by atoms with Gasteiger partial charge in [-0.3, -0.25) is 9.36 Å². The van der Waals surface area contributed by atoms with Crippen molar-refractivity contribution in [2.45, 2.75) is 19.4 Å². The molecule has 0 amide bonds. The molecule has 1 aliphatic heterocycles. The summed E-state index contributed by atoms with van der Waals surface area (Å²) >= 11 is 0. The molecule has 4 rings (SSSR count). The summed E-state index contributed by atoms with van der Waals surface area (Å²) in [6, 6.07) is 3.87. The summed E-state index contributed by atoms with van der Waals surface area (Å²) in [5, 5.41) is 12.3. The Balaban J connectivity index is 1.94. The van der Waals surface area contributed by atoms with E-state index in [-0.39, 0.29) is 34.5 Å². The van der Waals surface area contributed by atoms with Gasteiger partial charge in [0.25, 0.3) is 0 Å². The van der Waals surface area contributed by atoms with E-state index in [1.54, 1.807) is 4.90 Å². The lowest BCUT2D eigenvalue weighted by Crippen LogP contribution is -2.33. The molecule has 0 spiro atoms. The molecule has 0 saturated carbocycles. The van der Waals surface area contributed by atoms with E-state index in [4.69, 9.17) is 0 Å². The van der Waals surface area contributed by atoms with Crippen LogP contribution in [0, 0.1) is 23.4 Å². The van der Waals surface area contributed by atoms with Crippen LogP contribution < -0.4 is 15.6 Å². The Bertz CT molecular complexity index is 1280. The van der Waals surface area contributed by atoms with E-state index in [0.29, 0.717) is 19.2 Å². The maximum Gasteiger partial charge on any atom is 0.341 e. The van der Waals surface area contributed by atoms with Crippen molar-refractivity contribution < 1.29 is 23.1 Å². The minimum absolute atomic E-state index is 0.0120. The number of hydrogen-bond acceptors (Lipinski definition) is 5. The molecular weight excluding hydrogens is 425 g/mol. The summed E-state index contributed by atoms with van der Waals surface area (Å²) < 4.78 is 44.0. The highest BCUT2D eigenvalue weighted by Crippen LogP contribution is 2.29. The van der Waals surface area contributed by atoms with Crippen molar-refractivity contribution in [3.05, 3.63) is 63.7 Å². The topological polar surface area (TPSA) is 87.5 Å². The monoisotopic (exact) mass is 446 g/mol. The fourth-order valence-electron chi connectivity index (χ4n) is 4.07. The first-order chi connectivity index (χ1) is 15.2. The second-order valence-corrected chi connectivity index (χ2v) is 7.88. The van der Waals surface area contributed by atoms with Crippen LogP contribution in [0.5, 0.6) is 0 Å². The number of nitrogens with zero attached hydrogens (tertiary/aromatic N) is 3. The summed E-state index contributed by atoms with van der Waals surface area (Å²) in [5.41, 5.74) is -1.95. The number of nitrogens with one attached hydrogen (secondary N) is 1. The van der Waals surface area contributed by atoms with Crippen LogP contribution in [0.25, 0.3) is 16.7 Å². The van der Waals surface area contributed by atoms with Crippen molar-refractivity contribution in [3.8, 4) is 5.69 Å². The van der Waals surface area contributed by atoms with E-state index in [1.807, 2.05) is 14.0 Å². The van der Waals surface area contributed by atoms with Gasteiger partial charge in [-0.15, -0.1) is 0 Å². The lowest BCUT2D eigenvalue weighted by atomic mass is 10.0. The first-order valence-electron chi connectivity index (χ1n) is 10.1. The number of benzene rings is 1. The maximum atomic E-state index is 15.0. The smallest absolute Gasteiger partial charge is 0.341 e. The molecule has 168 valence electrons. The van der Waals surface area contributed by atoms with Gasteiger partial charge in [0.1, 0.15) is 17.2 Å². The van der Waals surface area contributed by atoms with Gasteiger partial charge in [0.2, 0.25) is 5.43 Å². The highest BCUT2D eigenvalue weighted by Gasteiger charge is 2.30. The van der Waals surface area contributed by atoms with Gasteiger partial charge in [0, 0.05) is 31.4 Å². The molecule has 1 aromatic carbocycles. The van der Waals surface area contributed by atoms with Crippen LogP contribution in [0.1, 0.15) is 23.7 Å². The number of halogens is 3. The Morgan fingerprint density at radius 1 is 1.25 bits per heavy atom. The van der Waals surface area contributed by atoms with Gasteiger partial charge in [-0.05, 0) is 44.5 Å². The number of fused-ring (bicyclic) bond motifs is 1. The summed E-state index contributed by atoms with van der Waals surface area (Å²) in [7, 11) is 1.85. The Morgan fingerprint density at radius 2 is 2.00 bits per heavy atom. The van der Waals surface area contributed by atoms with Crippen molar-refractivity contribution in [2.75, 3.05) is 25.0 Å². The van der Waals surface area contributed by atoms with E-state index in [1.165, 1.54) is 0 Å². The van der Waals surface area contributed by atoms with E-state index < -0.39 is 34.4 Å². The predicted octanol–water partition coefficient (Wildman–Crippen LogP) is 2.94. The van der Waals surface area contributed by atoms with Crippen LogP contribution >= 0.6 is 0 Å². The van der Waals surface area contributed by atoms with Crippen molar-refractivity contribution in [3.63, 3.8) is 0 Å². The van der Waals surface area contributed by atoms with Crippen LogP contribution in [0.4, 0.5) is 19.0 Å². The van der Waals surface area contributed by atoms with E-state index in [9.17, 15) is 23.5 Å². The first-order valence-corrected chi connectivity index (χ1v) is 10.1. The lowest BCUT2D eigenvalue weighted by molar-refractivity contribution is 0.0695. The number of aromatic nitrogens is 2. The Labute approximate surface area is 181 Å². The minimum atomic E-state index is -1.55. The fraction of sp³-hybridized carbons (Fsp3) is 0.318. The number of pyridine rings is 2. The highest BCUT2D eigenvalue weighted by atomic mass is 19.1. The number of carboxylic acid groups (broad SMARTS) is 1. The molecule has 2 aromatic heterocycles. The molecule has 1 fully saturated rings. The number of anilines is 1. The minimum Gasteiger partial charge on any atom is -0.477 e. The predicted molar refractivity (Wildman–Crippen MR) is 113 cm³/mol. The molecule has 3 heterocycles. The Morgan fingerprint density at radius 3 is 2.66 bits per heavy atom. The summed E-state index contributed by atoms with van der Waals surface area (Å²) in [6.45, 7) is 3.09. The average molecular weight is 446 g/mol. The second kappa shape index (κ2) is 8.27. The summed E-state index contributed by atoms with van der Waals surface area (Å²) in [6.07, 6.45) is 1.73. The zero-order chi connectivity index (χ0) is 23.2. The van der Waals surface area contributed by atoms with Crippen LogP contribution in [0.3, 0.4) is 0 Å². The van der Waals surface area contributed by atoms with Gasteiger partial charge in [-0.1, -0.05) is 0 Å². The van der Waals surface area contributed by atoms with Gasteiger partial charge in [-0.25, -0.2) is 22.9 Å². The molecule has 0 bridgehead atoms. The number of rotatable bonds is 5. The molecule has 0 radical (unpaired) electrons. The molecule has 1 saturated heterocycles. The van der Waals surface area contributed by atoms with E-state index in [2.05, 4.69) is 10.3 Å². The van der Waals surface area contributed by atoms with Crippen molar-refractivity contribution in [1.82, 2.24) is 14.9 Å². The summed E-state index contributed by atoms with van der Waals surface area (Å²) in [5.74, 6) is -3.90. The van der Waals surface area contributed by atoms with Gasteiger partial charge < -0.3 is 15.3 Å². The largest absolute Gasteiger partial charge is 0.477 e. The van der Waals surface area contributed by atoms with Crippen LogP contribution in [-0.4, -0.2) is 46.8 Å². The van der Waals surface area contributed by atoms with Crippen LogP contribution in [0.15, 0.2) is 35.3 Å². The Kier molecular flexibility index (Phi) is 5.64. The molecule has 0 aliphatic carbocycles. The summed E-state index contributed by atoms with van der Waals surface area (Å²) in [4.78, 5) is 30.3. The molecule has 2 atom stereocenters. The van der Waals surface area contributed by atoms with E-state index >= 15 is 4.39 Å². The zero-order valence-electron chi connectivity index (χ0n) is 17.4. The second-order valence-electron chi connectivity index (χ2n) is 7.88. The maximum absolute atomic E-state index is 15.0. The lowest BCUT2D eigenvalue weighted by Gasteiger charge is -2.22. The van der Waals surface area contributed by atoms with Gasteiger partial charge in [0.15, 0.2) is 17.3 Å². The van der Waals surface area contributed by atoms with E-state index in [0.717, 1.165) is 35.4 Å². The van der Waals surface area contributed by atoms with Gasteiger partial charge >= 0.3 is 5.97 Å². The highest BCUT2D eigenvalue weighted by molar-refractivity contribution is 5.92. The average Bonchev–Trinajstić information content (AvgIpc) is 3.23. The molecular formula is C22H21F3N4O3. The third-order valence-electron chi connectivity index (χ3n) is 6.00. The van der Waals surface area contributed by atoms with Crippen LogP contribution in [0.2, 0.25) is 0 Å². The molecule has 32 heavy (non-hydrogen) atoms. The van der Waals surface area contributed by atoms with Gasteiger partial charge in [-0.2, -0.15) is 0 Å². The molecule has 7 nitrogen and oxygen atoms in total. The zero-order valence-corrected chi connectivity index (χ0v) is 17.4. The molecule has 3 aromatic rings. The molecule has 1 aliphatic rings. The number of hydrogen-bond donors (Lipinski definition) is 2. The Hall–Kier alpha value is -3.40. The first kappa shape index (κ1) is 21.8. The molecule has 2 N–H and O–H groups in total. The van der Waals surface area contributed by atoms with Crippen molar-refractivity contribution >= 4 is 22.8 Å². The number of carbonyl (C=O) groups is 1. The van der Waals surface area contributed by atoms with Gasteiger partial charge in [0.05, 0.1) is 11.1 Å². The third-order valence-corrected chi connectivity index (χ3v) is 6.00.